The highest BCUT2D eigenvalue weighted by Gasteiger charge is 2.08. The first kappa shape index (κ1) is 8.78. The molecule has 0 unspecified atom stereocenters. The van der Waals surface area contributed by atoms with Crippen LogP contribution in [0.25, 0.3) is 16.7 Å². The number of pyridine rings is 1. The standard InChI is InChI=1S/C10H8N6/c11-9-8-5-15-16(10(8)14-6-13-9)7-2-1-3-12-4-7/h1-6H,(H2,11,13,14). The van der Waals surface area contributed by atoms with Gasteiger partial charge in [0.2, 0.25) is 0 Å². The summed E-state index contributed by atoms with van der Waals surface area (Å²) in [7, 11) is 0. The van der Waals surface area contributed by atoms with Crippen LogP contribution in [0.4, 0.5) is 5.82 Å². The zero-order valence-corrected chi connectivity index (χ0v) is 8.28. The second kappa shape index (κ2) is 3.27. The van der Waals surface area contributed by atoms with E-state index in [-0.39, 0.29) is 0 Å². The van der Waals surface area contributed by atoms with Gasteiger partial charge in [-0.15, -0.1) is 0 Å². The minimum Gasteiger partial charge on any atom is -0.383 e. The van der Waals surface area contributed by atoms with Crippen molar-refractivity contribution >= 4 is 16.9 Å². The Labute approximate surface area is 90.8 Å². The molecule has 0 fully saturated rings. The maximum absolute atomic E-state index is 5.73. The fraction of sp³-hybridized carbons (Fsp3) is 0. The highest BCUT2D eigenvalue weighted by Crippen LogP contribution is 2.18. The van der Waals surface area contributed by atoms with Crippen LogP contribution >= 0.6 is 0 Å². The van der Waals surface area contributed by atoms with E-state index in [1.807, 2.05) is 12.1 Å². The van der Waals surface area contributed by atoms with Crippen LogP contribution in [0.15, 0.2) is 37.1 Å². The Morgan fingerprint density at radius 3 is 2.94 bits per heavy atom. The van der Waals surface area contributed by atoms with Crippen molar-refractivity contribution in [3.8, 4) is 5.69 Å². The van der Waals surface area contributed by atoms with Crippen LogP contribution in [0.2, 0.25) is 0 Å². The summed E-state index contributed by atoms with van der Waals surface area (Å²) in [5.41, 5.74) is 7.25. The molecule has 3 aromatic heterocycles. The van der Waals surface area contributed by atoms with E-state index >= 15 is 0 Å². The molecule has 0 aliphatic rings. The monoisotopic (exact) mass is 212 g/mol. The van der Waals surface area contributed by atoms with Crippen LogP contribution in [0.5, 0.6) is 0 Å². The molecule has 3 heterocycles. The lowest BCUT2D eigenvalue weighted by molar-refractivity contribution is 0.888. The Kier molecular flexibility index (Phi) is 1.79. The van der Waals surface area contributed by atoms with Crippen LogP contribution in [-0.4, -0.2) is 24.7 Å². The van der Waals surface area contributed by atoms with Gasteiger partial charge in [0, 0.05) is 6.20 Å². The summed E-state index contributed by atoms with van der Waals surface area (Å²) in [6.45, 7) is 0. The molecule has 78 valence electrons. The molecule has 0 bridgehead atoms. The average molecular weight is 212 g/mol. The third-order valence-electron chi connectivity index (χ3n) is 2.29. The summed E-state index contributed by atoms with van der Waals surface area (Å²) in [5.74, 6) is 0.431. The molecule has 3 aromatic rings. The Hall–Kier alpha value is -2.50. The molecular weight excluding hydrogens is 204 g/mol. The van der Waals surface area contributed by atoms with Gasteiger partial charge in [0.05, 0.1) is 23.5 Å². The normalized spacial score (nSPS) is 10.8. The van der Waals surface area contributed by atoms with Crippen molar-refractivity contribution in [2.45, 2.75) is 0 Å². The topological polar surface area (TPSA) is 82.5 Å². The van der Waals surface area contributed by atoms with Gasteiger partial charge in [0.25, 0.3) is 0 Å². The Morgan fingerprint density at radius 1 is 1.19 bits per heavy atom. The first-order valence-corrected chi connectivity index (χ1v) is 4.71. The molecule has 0 aromatic carbocycles. The number of hydrogen-bond acceptors (Lipinski definition) is 5. The van der Waals surface area contributed by atoms with Gasteiger partial charge in [-0.3, -0.25) is 4.98 Å². The molecule has 0 saturated heterocycles. The first-order valence-electron chi connectivity index (χ1n) is 4.71. The maximum Gasteiger partial charge on any atom is 0.168 e. The second-order valence-electron chi connectivity index (χ2n) is 3.26. The van der Waals surface area contributed by atoms with E-state index in [4.69, 9.17) is 5.73 Å². The molecule has 0 aliphatic carbocycles. The van der Waals surface area contributed by atoms with Gasteiger partial charge < -0.3 is 5.73 Å². The summed E-state index contributed by atoms with van der Waals surface area (Å²) < 4.78 is 1.68. The fourth-order valence-electron chi connectivity index (χ4n) is 1.53. The highest BCUT2D eigenvalue weighted by atomic mass is 15.3. The van der Waals surface area contributed by atoms with Crippen LogP contribution in [0, 0.1) is 0 Å². The lowest BCUT2D eigenvalue weighted by atomic mass is 10.4. The molecule has 2 N–H and O–H groups in total. The summed E-state index contributed by atoms with van der Waals surface area (Å²) in [5, 5.41) is 4.96. The quantitative estimate of drug-likeness (QED) is 0.644. The Bertz CT molecular complexity index is 630. The largest absolute Gasteiger partial charge is 0.383 e. The average Bonchev–Trinajstić information content (AvgIpc) is 2.75. The van der Waals surface area contributed by atoms with E-state index in [0.29, 0.717) is 11.5 Å². The minimum absolute atomic E-state index is 0.431. The summed E-state index contributed by atoms with van der Waals surface area (Å²) >= 11 is 0. The van der Waals surface area contributed by atoms with Gasteiger partial charge in [-0.2, -0.15) is 5.10 Å². The van der Waals surface area contributed by atoms with E-state index in [1.54, 1.807) is 23.3 Å². The van der Waals surface area contributed by atoms with Crippen LogP contribution in [-0.2, 0) is 0 Å². The Morgan fingerprint density at radius 2 is 2.12 bits per heavy atom. The number of nitrogen functional groups attached to an aromatic ring is 1. The summed E-state index contributed by atoms with van der Waals surface area (Å²) in [4.78, 5) is 12.1. The maximum atomic E-state index is 5.73. The molecule has 0 spiro atoms. The number of anilines is 1. The first-order chi connectivity index (χ1) is 7.86. The van der Waals surface area contributed by atoms with Crippen LogP contribution < -0.4 is 5.73 Å². The number of fused-ring (bicyclic) bond motifs is 1. The van der Waals surface area contributed by atoms with Crippen molar-refractivity contribution in [2.24, 2.45) is 0 Å². The van der Waals surface area contributed by atoms with Gasteiger partial charge >= 0.3 is 0 Å². The second-order valence-corrected chi connectivity index (χ2v) is 3.26. The molecule has 0 radical (unpaired) electrons. The van der Waals surface area contributed by atoms with Crippen molar-refractivity contribution in [3.63, 3.8) is 0 Å². The molecule has 0 aliphatic heterocycles. The zero-order valence-electron chi connectivity index (χ0n) is 8.28. The molecular formula is C10H8N6. The smallest absolute Gasteiger partial charge is 0.168 e. The number of nitrogens with zero attached hydrogens (tertiary/aromatic N) is 5. The van der Waals surface area contributed by atoms with E-state index < -0.39 is 0 Å². The number of rotatable bonds is 1. The summed E-state index contributed by atoms with van der Waals surface area (Å²) in [6, 6.07) is 3.74. The zero-order chi connectivity index (χ0) is 11.0. The van der Waals surface area contributed by atoms with Gasteiger partial charge in [0.1, 0.15) is 12.1 Å². The van der Waals surface area contributed by atoms with E-state index in [2.05, 4.69) is 20.1 Å². The minimum atomic E-state index is 0.431. The molecule has 6 heteroatoms. The Balaban J connectivity index is 2.30. The molecule has 6 nitrogen and oxygen atoms in total. The van der Waals surface area contributed by atoms with E-state index in [1.165, 1.54) is 6.33 Å². The van der Waals surface area contributed by atoms with Crippen LogP contribution in [0.1, 0.15) is 0 Å². The summed E-state index contributed by atoms with van der Waals surface area (Å²) in [6.07, 6.45) is 6.49. The van der Waals surface area contributed by atoms with Crippen molar-refractivity contribution in [1.82, 2.24) is 24.7 Å². The third kappa shape index (κ3) is 1.20. The van der Waals surface area contributed by atoms with Gasteiger partial charge in [-0.05, 0) is 12.1 Å². The van der Waals surface area contributed by atoms with Crippen molar-refractivity contribution in [1.29, 1.82) is 0 Å². The van der Waals surface area contributed by atoms with E-state index in [0.717, 1.165) is 11.1 Å². The number of nitrogens with two attached hydrogens (primary N) is 1. The predicted molar refractivity (Wildman–Crippen MR) is 58.9 cm³/mol. The molecule has 3 rings (SSSR count). The van der Waals surface area contributed by atoms with Crippen molar-refractivity contribution in [3.05, 3.63) is 37.1 Å². The lowest BCUT2D eigenvalue weighted by Crippen LogP contribution is -1.99. The molecule has 0 saturated carbocycles. The molecule has 0 atom stereocenters. The number of aromatic nitrogens is 5. The van der Waals surface area contributed by atoms with Gasteiger partial charge in [-0.1, -0.05) is 0 Å². The van der Waals surface area contributed by atoms with Gasteiger partial charge in [-0.25, -0.2) is 14.6 Å². The SMILES string of the molecule is Nc1ncnc2c1cnn2-c1cccnc1. The van der Waals surface area contributed by atoms with Crippen LogP contribution in [0.3, 0.4) is 0 Å². The van der Waals surface area contributed by atoms with Gasteiger partial charge in [0.15, 0.2) is 5.65 Å². The van der Waals surface area contributed by atoms with E-state index in [9.17, 15) is 0 Å². The molecule has 0 amide bonds. The highest BCUT2D eigenvalue weighted by molar-refractivity contribution is 5.85. The third-order valence-corrected chi connectivity index (χ3v) is 2.29. The van der Waals surface area contributed by atoms with Crippen molar-refractivity contribution in [2.75, 3.05) is 5.73 Å². The lowest BCUT2D eigenvalue weighted by Gasteiger charge is -2.01. The molecule has 16 heavy (non-hydrogen) atoms. The number of hydrogen-bond donors (Lipinski definition) is 1. The fourth-order valence-corrected chi connectivity index (χ4v) is 1.53. The van der Waals surface area contributed by atoms with Crippen molar-refractivity contribution < 1.29 is 0 Å². The predicted octanol–water partition coefficient (Wildman–Crippen LogP) is 0.793.